The van der Waals surface area contributed by atoms with Gasteiger partial charge in [-0.25, -0.2) is 0 Å². The zero-order chi connectivity index (χ0) is 21.6. The Hall–Kier alpha value is -1.76. The lowest BCUT2D eigenvalue weighted by Crippen LogP contribution is -2.50. The highest BCUT2D eigenvalue weighted by molar-refractivity contribution is 9.10. The summed E-state index contributed by atoms with van der Waals surface area (Å²) in [4.78, 5) is 26.9. The van der Waals surface area contributed by atoms with E-state index < -0.39 is 6.04 Å². The number of halogens is 3. The van der Waals surface area contributed by atoms with Crippen molar-refractivity contribution in [3.8, 4) is 5.75 Å². The molecule has 0 bridgehead atoms. The SMILES string of the molecule is CC(C)NC(=O)[C@@H](C)N(Cc1ccc(Cl)cc1)C(=O)COc1ccc(Br)cc1Cl. The van der Waals surface area contributed by atoms with Gasteiger partial charge in [-0.05, 0) is 56.7 Å². The van der Waals surface area contributed by atoms with Gasteiger partial charge in [-0.1, -0.05) is 51.3 Å². The number of ether oxygens (including phenoxy) is 1. The highest BCUT2D eigenvalue weighted by Crippen LogP contribution is 2.27. The van der Waals surface area contributed by atoms with Crippen molar-refractivity contribution in [2.45, 2.75) is 39.4 Å². The Bertz CT molecular complexity index is 860. The zero-order valence-corrected chi connectivity index (χ0v) is 19.5. The minimum Gasteiger partial charge on any atom is -0.482 e. The molecule has 2 rings (SSSR count). The van der Waals surface area contributed by atoms with Gasteiger partial charge in [0.05, 0.1) is 5.02 Å². The summed E-state index contributed by atoms with van der Waals surface area (Å²) in [6.45, 7) is 5.44. The maximum absolute atomic E-state index is 12.9. The summed E-state index contributed by atoms with van der Waals surface area (Å²) in [5.41, 5.74) is 0.855. The number of carbonyl (C=O) groups is 2. The molecule has 2 amide bonds. The van der Waals surface area contributed by atoms with E-state index in [1.54, 1.807) is 37.3 Å². The predicted octanol–water partition coefficient (Wildman–Crippen LogP) is 5.08. The summed E-state index contributed by atoms with van der Waals surface area (Å²) in [6, 6.07) is 11.6. The summed E-state index contributed by atoms with van der Waals surface area (Å²) in [5.74, 6) is -0.164. The predicted molar refractivity (Wildman–Crippen MR) is 119 cm³/mol. The standard InChI is InChI=1S/C21H23BrCl2N2O3/c1-13(2)25-21(28)14(3)26(11-15-4-7-17(23)8-5-15)20(27)12-29-19-9-6-16(22)10-18(19)24/h4-10,13-14H,11-12H2,1-3H3,(H,25,28)/t14-/m1/s1. The van der Waals surface area contributed by atoms with Crippen LogP contribution in [0.15, 0.2) is 46.9 Å². The minimum absolute atomic E-state index is 0.0322. The lowest BCUT2D eigenvalue weighted by Gasteiger charge is -2.29. The molecule has 2 aromatic carbocycles. The molecule has 0 saturated heterocycles. The Kier molecular flexibility index (Phi) is 8.80. The number of rotatable bonds is 8. The first-order valence-electron chi connectivity index (χ1n) is 9.09. The van der Waals surface area contributed by atoms with Gasteiger partial charge in [0, 0.05) is 22.1 Å². The molecule has 2 aromatic rings. The third-order valence-electron chi connectivity index (χ3n) is 4.11. The van der Waals surface area contributed by atoms with E-state index in [9.17, 15) is 9.59 Å². The number of nitrogens with one attached hydrogen (secondary N) is 1. The van der Waals surface area contributed by atoms with E-state index in [0.717, 1.165) is 10.0 Å². The quantitative estimate of drug-likeness (QED) is 0.548. The van der Waals surface area contributed by atoms with Crippen LogP contribution in [0.4, 0.5) is 0 Å². The van der Waals surface area contributed by atoms with Crippen molar-refractivity contribution >= 4 is 50.9 Å². The molecule has 156 valence electrons. The van der Waals surface area contributed by atoms with Crippen LogP contribution in [-0.4, -0.2) is 35.4 Å². The third-order valence-corrected chi connectivity index (χ3v) is 5.15. The first kappa shape index (κ1) is 23.5. The molecule has 1 atom stereocenters. The van der Waals surface area contributed by atoms with Gasteiger partial charge in [0.25, 0.3) is 5.91 Å². The van der Waals surface area contributed by atoms with Gasteiger partial charge < -0.3 is 15.0 Å². The van der Waals surface area contributed by atoms with Crippen molar-refractivity contribution in [1.29, 1.82) is 0 Å². The number of hydrogen-bond donors (Lipinski definition) is 1. The topological polar surface area (TPSA) is 58.6 Å². The zero-order valence-electron chi connectivity index (χ0n) is 16.4. The molecule has 0 aliphatic carbocycles. The van der Waals surface area contributed by atoms with Crippen LogP contribution in [-0.2, 0) is 16.1 Å². The van der Waals surface area contributed by atoms with Crippen LogP contribution in [0.2, 0.25) is 10.0 Å². The average Bonchev–Trinajstić information content (AvgIpc) is 2.65. The van der Waals surface area contributed by atoms with Gasteiger partial charge in [-0.15, -0.1) is 0 Å². The monoisotopic (exact) mass is 500 g/mol. The second kappa shape index (κ2) is 10.9. The number of hydrogen-bond acceptors (Lipinski definition) is 3. The van der Waals surface area contributed by atoms with Gasteiger partial charge in [-0.2, -0.15) is 0 Å². The molecule has 29 heavy (non-hydrogen) atoms. The molecule has 0 aliphatic rings. The lowest BCUT2D eigenvalue weighted by molar-refractivity contribution is -0.142. The van der Waals surface area contributed by atoms with E-state index in [0.29, 0.717) is 15.8 Å². The first-order valence-corrected chi connectivity index (χ1v) is 10.6. The normalized spacial score (nSPS) is 11.8. The van der Waals surface area contributed by atoms with Gasteiger partial charge in [0.2, 0.25) is 5.91 Å². The van der Waals surface area contributed by atoms with Crippen LogP contribution in [0.1, 0.15) is 26.3 Å². The fourth-order valence-electron chi connectivity index (χ4n) is 2.59. The molecule has 0 saturated carbocycles. The van der Waals surface area contributed by atoms with Crippen molar-refractivity contribution in [3.05, 3.63) is 62.5 Å². The molecule has 8 heteroatoms. The van der Waals surface area contributed by atoms with E-state index in [-0.39, 0.29) is 31.0 Å². The molecule has 0 aromatic heterocycles. The van der Waals surface area contributed by atoms with Crippen LogP contribution in [0.25, 0.3) is 0 Å². The maximum Gasteiger partial charge on any atom is 0.261 e. The largest absolute Gasteiger partial charge is 0.482 e. The smallest absolute Gasteiger partial charge is 0.261 e. The van der Waals surface area contributed by atoms with E-state index >= 15 is 0 Å². The highest BCUT2D eigenvalue weighted by Gasteiger charge is 2.27. The summed E-state index contributed by atoms with van der Waals surface area (Å²) in [7, 11) is 0. The molecule has 0 aliphatic heterocycles. The molecule has 0 fully saturated rings. The van der Waals surface area contributed by atoms with Crippen molar-refractivity contribution in [1.82, 2.24) is 10.2 Å². The minimum atomic E-state index is -0.676. The number of amides is 2. The Morgan fingerprint density at radius 2 is 1.76 bits per heavy atom. The van der Waals surface area contributed by atoms with E-state index in [1.807, 2.05) is 26.0 Å². The van der Waals surface area contributed by atoms with Crippen LogP contribution in [0, 0.1) is 0 Å². The fraction of sp³-hybridized carbons (Fsp3) is 0.333. The van der Waals surface area contributed by atoms with Crippen molar-refractivity contribution in [2.24, 2.45) is 0 Å². The molecule has 0 heterocycles. The third kappa shape index (κ3) is 7.21. The number of nitrogens with zero attached hydrogens (tertiary/aromatic N) is 1. The van der Waals surface area contributed by atoms with Crippen molar-refractivity contribution < 1.29 is 14.3 Å². The van der Waals surface area contributed by atoms with Gasteiger partial charge in [0.1, 0.15) is 11.8 Å². The number of carbonyl (C=O) groups excluding carboxylic acids is 2. The van der Waals surface area contributed by atoms with Gasteiger partial charge in [-0.3, -0.25) is 9.59 Å². The Morgan fingerprint density at radius 1 is 1.10 bits per heavy atom. The summed E-state index contributed by atoms with van der Waals surface area (Å²) in [5, 5.41) is 3.83. The van der Waals surface area contributed by atoms with Crippen LogP contribution >= 0.6 is 39.1 Å². The highest BCUT2D eigenvalue weighted by atomic mass is 79.9. The first-order chi connectivity index (χ1) is 13.7. The molecule has 0 spiro atoms. The second-order valence-electron chi connectivity index (χ2n) is 6.85. The van der Waals surface area contributed by atoms with Crippen LogP contribution in [0.3, 0.4) is 0 Å². The maximum atomic E-state index is 12.9. The molecule has 0 unspecified atom stereocenters. The molecule has 0 radical (unpaired) electrons. The van der Waals surface area contributed by atoms with E-state index in [4.69, 9.17) is 27.9 Å². The molecule has 5 nitrogen and oxygen atoms in total. The van der Waals surface area contributed by atoms with Gasteiger partial charge in [0.15, 0.2) is 6.61 Å². The fourth-order valence-corrected chi connectivity index (χ4v) is 3.44. The van der Waals surface area contributed by atoms with Crippen molar-refractivity contribution in [3.63, 3.8) is 0 Å². The Labute approximate surface area is 189 Å². The second-order valence-corrected chi connectivity index (χ2v) is 8.61. The van der Waals surface area contributed by atoms with E-state index in [1.165, 1.54) is 4.90 Å². The van der Waals surface area contributed by atoms with Crippen LogP contribution in [0.5, 0.6) is 5.75 Å². The molecular weight excluding hydrogens is 479 g/mol. The average molecular weight is 502 g/mol. The summed E-state index contributed by atoms with van der Waals surface area (Å²) in [6.07, 6.45) is 0. The van der Waals surface area contributed by atoms with Gasteiger partial charge >= 0.3 is 0 Å². The lowest BCUT2D eigenvalue weighted by atomic mass is 10.1. The molecule has 1 N–H and O–H groups in total. The summed E-state index contributed by atoms with van der Waals surface area (Å²) >= 11 is 15.4. The van der Waals surface area contributed by atoms with Crippen LogP contribution < -0.4 is 10.1 Å². The Balaban J connectivity index is 2.16. The van der Waals surface area contributed by atoms with E-state index in [2.05, 4.69) is 21.2 Å². The van der Waals surface area contributed by atoms with Crippen molar-refractivity contribution in [2.75, 3.05) is 6.61 Å². The Morgan fingerprint density at radius 3 is 2.34 bits per heavy atom. The number of benzene rings is 2. The summed E-state index contributed by atoms with van der Waals surface area (Å²) < 4.78 is 6.42. The molecular formula is C21H23BrCl2N2O3.